The molecule has 22 heavy (non-hydrogen) atoms. The smallest absolute Gasteiger partial charge is 0.357 e. The second-order valence-electron chi connectivity index (χ2n) is 5.45. The van der Waals surface area contributed by atoms with E-state index < -0.39 is 11.6 Å². The van der Waals surface area contributed by atoms with Crippen LogP contribution in [0, 0.1) is 17.9 Å². The van der Waals surface area contributed by atoms with Crippen LogP contribution in [0.5, 0.6) is 0 Å². The van der Waals surface area contributed by atoms with E-state index in [2.05, 4.69) is 16.9 Å². The summed E-state index contributed by atoms with van der Waals surface area (Å²) in [6.07, 6.45) is 7.05. The average Bonchev–Trinajstić information content (AvgIpc) is 2.59. The van der Waals surface area contributed by atoms with Crippen molar-refractivity contribution < 1.29 is 14.6 Å². The lowest BCUT2D eigenvalue weighted by Gasteiger charge is -2.36. The van der Waals surface area contributed by atoms with Gasteiger partial charge in [-0.2, -0.15) is 0 Å². The minimum Gasteiger partial charge on any atom is -0.374 e. The summed E-state index contributed by atoms with van der Waals surface area (Å²) in [5.74, 6) is 1.68. The number of carbonyl (C=O) groups is 1. The van der Waals surface area contributed by atoms with Gasteiger partial charge in [0, 0.05) is 5.92 Å². The van der Waals surface area contributed by atoms with E-state index in [4.69, 9.17) is 16.5 Å². The molecule has 1 saturated carbocycles. The lowest BCUT2D eigenvalue weighted by molar-refractivity contribution is -0.168. The Morgan fingerprint density at radius 2 is 2.00 bits per heavy atom. The number of nitrogens with one attached hydrogen (secondary N) is 1. The van der Waals surface area contributed by atoms with Crippen LogP contribution in [0.3, 0.4) is 0 Å². The molecule has 1 aliphatic rings. The van der Waals surface area contributed by atoms with E-state index in [-0.39, 0.29) is 12.5 Å². The number of carbonyl (C=O) groups excluding carboxylic acids is 1. The Balaban J connectivity index is 2.25. The van der Waals surface area contributed by atoms with Crippen molar-refractivity contribution in [2.24, 2.45) is 5.92 Å². The van der Waals surface area contributed by atoms with Crippen molar-refractivity contribution in [3.63, 3.8) is 0 Å². The number of halogens is 1. The van der Waals surface area contributed by atoms with Crippen LogP contribution in [-0.4, -0.2) is 17.6 Å². The third kappa shape index (κ3) is 3.80. The largest absolute Gasteiger partial charge is 0.374 e. The highest BCUT2D eigenvalue weighted by atomic mass is 35.5. The van der Waals surface area contributed by atoms with Gasteiger partial charge in [0.15, 0.2) is 5.60 Å². The molecule has 0 saturated heterocycles. The Kier molecular flexibility index (Phi) is 6.26. The van der Waals surface area contributed by atoms with Gasteiger partial charge in [-0.25, -0.2) is 9.63 Å². The van der Waals surface area contributed by atoms with E-state index in [0.29, 0.717) is 5.56 Å². The van der Waals surface area contributed by atoms with Crippen molar-refractivity contribution in [1.82, 2.24) is 4.84 Å². The lowest BCUT2D eigenvalue weighted by atomic mass is 9.73. The summed E-state index contributed by atoms with van der Waals surface area (Å²) in [5.41, 5.74) is -1.09. The number of benzene rings is 1. The Bertz CT molecular complexity index is 546. The Morgan fingerprint density at radius 3 is 2.64 bits per heavy atom. The number of hydrogen-bond donors (Lipinski definition) is 2. The molecular weight excluding hydrogens is 302 g/mol. The maximum absolute atomic E-state index is 12.5. The molecule has 1 aliphatic carbocycles. The van der Waals surface area contributed by atoms with E-state index in [1.807, 2.05) is 6.07 Å². The van der Waals surface area contributed by atoms with Gasteiger partial charge >= 0.3 is 5.97 Å². The minimum absolute atomic E-state index is 0.149. The number of aliphatic hydroxyl groups is 1. The van der Waals surface area contributed by atoms with Crippen molar-refractivity contribution in [1.29, 1.82) is 0 Å². The molecule has 0 aromatic heterocycles. The topological polar surface area (TPSA) is 58.6 Å². The fourth-order valence-electron chi connectivity index (χ4n) is 2.96. The quantitative estimate of drug-likeness (QED) is 0.508. The second kappa shape index (κ2) is 8.19. The number of hydrogen-bond acceptors (Lipinski definition) is 4. The first-order valence-corrected chi connectivity index (χ1v) is 7.88. The van der Waals surface area contributed by atoms with Gasteiger partial charge in [0.1, 0.15) is 6.11 Å². The molecule has 0 radical (unpaired) electrons. The summed E-state index contributed by atoms with van der Waals surface area (Å²) in [4.78, 5) is 14.8. The van der Waals surface area contributed by atoms with Gasteiger partial charge in [-0.15, -0.1) is 0 Å². The van der Waals surface area contributed by atoms with Gasteiger partial charge in [0.05, 0.1) is 6.54 Å². The molecular formula is C17H20ClNO3. The van der Waals surface area contributed by atoms with E-state index >= 15 is 0 Å². The molecule has 1 unspecified atom stereocenters. The van der Waals surface area contributed by atoms with Crippen LogP contribution >= 0.6 is 11.8 Å². The van der Waals surface area contributed by atoms with Gasteiger partial charge < -0.3 is 9.84 Å². The van der Waals surface area contributed by atoms with E-state index in [0.717, 1.165) is 32.1 Å². The zero-order valence-corrected chi connectivity index (χ0v) is 13.1. The van der Waals surface area contributed by atoms with Crippen LogP contribution in [0.4, 0.5) is 0 Å². The van der Waals surface area contributed by atoms with E-state index in [1.165, 1.54) is 0 Å². The summed E-state index contributed by atoms with van der Waals surface area (Å²) in [6, 6.07) is 8.97. The normalized spacial score (nSPS) is 17.9. The van der Waals surface area contributed by atoms with Crippen LogP contribution in [0.25, 0.3) is 0 Å². The molecule has 2 N–H and O–H groups in total. The van der Waals surface area contributed by atoms with Crippen LogP contribution in [0.2, 0.25) is 0 Å². The number of rotatable bonds is 4. The van der Waals surface area contributed by atoms with Crippen LogP contribution < -0.4 is 4.84 Å². The summed E-state index contributed by atoms with van der Waals surface area (Å²) in [5, 5.41) is 11.1. The molecule has 2 rings (SSSR count). The standard InChI is InChI=1S/C17H20ClNO3/c18-19-12-7-13-22-16(20)17(21,14-8-3-1-4-9-14)15-10-5-2-6-11-15/h1,3-4,8-9,15,19,21H,2,5-6,10-12H2. The molecule has 4 nitrogen and oxygen atoms in total. The molecule has 118 valence electrons. The molecule has 1 aromatic carbocycles. The third-order valence-corrected chi connectivity index (χ3v) is 4.23. The van der Waals surface area contributed by atoms with Crippen molar-refractivity contribution in [3.05, 3.63) is 35.9 Å². The Hall–Kier alpha value is -1.54. The maximum atomic E-state index is 12.5. The van der Waals surface area contributed by atoms with Crippen LogP contribution in [0.1, 0.15) is 37.7 Å². The molecule has 0 amide bonds. The lowest BCUT2D eigenvalue weighted by Crippen LogP contribution is -2.44. The predicted molar refractivity (Wildman–Crippen MR) is 84.6 cm³/mol. The molecule has 5 heteroatoms. The molecule has 1 aromatic rings. The summed E-state index contributed by atoms with van der Waals surface area (Å²) < 4.78 is 4.97. The van der Waals surface area contributed by atoms with Gasteiger partial charge in [0.2, 0.25) is 0 Å². The monoisotopic (exact) mass is 321 g/mol. The maximum Gasteiger partial charge on any atom is 0.357 e. The van der Waals surface area contributed by atoms with Crippen molar-refractivity contribution in [2.45, 2.75) is 37.7 Å². The first-order valence-electron chi connectivity index (χ1n) is 7.50. The van der Waals surface area contributed by atoms with Crippen molar-refractivity contribution >= 4 is 17.7 Å². The fourth-order valence-corrected chi connectivity index (χ4v) is 3.03. The zero-order valence-electron chi connectivity index (χ0n) is 12.3. The first-order chi connectivity index (χ1) is 10.7. The van der Waals surface area contributed by atoms with E-state index in [1.54, 1.807) is 24.3 Å². The van der Waals surface area contributed by atoms with Crippen LogP contribution in [-0.2, 0) is 15.1 Å². The molecule has 0 aliphatic heterocycles. The first kappa shape index (κ1) is 16.8. The highest BCUT2D eigenvalue weighted by Gasteiger charge is 2.47. The summed E-state index contributed by atoms with van der Waals surface area (Å²) in [7, 11) is 0. The number of esters is 1. The highest BCUT2D eigenvalue weighted by Crippen LogP contribution is 2.40. The molecule has 1 atom stereocenters. The molecule has 1 fully saturated rings. The third-order valence-electron chi connectivity index (χ3n) is 4.09. The van der Waals surface area contributed by atoms with Gasteiger partial charge in [-0.3, -0.25) is 0 Å². The van der Waals surface area contributed by atoms with Crippen LogP contribution in [0.15, 0.2) is 30.3 Å². The molecule has 0 spiro atoms. The Morgan fingerprint density at radius 1 is 1.32 bits per heavy atom. The average molecular weight is 322 g/mol. The van der Waals surface area contributed by atoms with Gasteiger partial charge in [-0.1, -0.05) is 49.6 Å². The fraction of sp³-hybridized carbons (Fsp3) is 0.471. The predicted octanol–water partition coefficient (Wildman–Crippen LogP) is 2.70. The summed E-state index contributed by atoms with van der Waals surface area (Å²) in [6.45, 7) is 0.196. The zero-order chi connectivity index (χ0) is 15.8. The second-order valence-corrected chi connectivity index (χ2v) is 5.71. The van der Waals surface area contributed by atoms with Crippen molar-refractivity contribution in [3.8, 4) is 12.0 Å². The van der Waals surface area contributed by atoms with E-state index in [9.17, 15) is 9.90 Å². The minimum atomic E-state index is -1.65. The number of ether oxygens (including phenoxy) is 1. The highest BCUT2D eigenvalue weighted by molar-refractivity contribution is 6.13. The van der Waals surface area contributed by atoms with Gasteiger partial charge in [-0.05, 0) is 36.1 Å². The van der Waals surface area contributed by atoms with Gasteiger partial charge in [0.25, 0.3) is 0 Å². The van der Waals surface area contributed by atoms with Crippen molar-refractivity contribution in [2.75, 3.05) is 6.54 Å². The molecule has 0 heterocycles. The Labute approximate surface area is 135 Å². The SMILES string of the molecule is O=C(OC#CCNCl)C(O)(c1ccccc1)C1CCCCC1. The molecule has 0 bridgehead atoms. The summed E-state index contributed by atoms with van der Waals surface area (Å²) >= 11 is 5.28.